The van der Waals surface area contributed by atoms with Crippen LogP contribution in [0.25, 0.3) is 0 Å². The molecule has 8 nitrogen and oxygen atoms in total. The number of nitrogens with one attached hydrogen (secondary N) is 1. The van der Waals surface area contributed by atoms with Crippen LogP contribution in [0.15, 0.2) is 47.5 Å². The van der Waals surface area contributed by atoms with Crippen LogP contribution in [0.2, 0.25) is 0 Å². The van der Waals surface area contributed by atoms with Crippen molar-refractivity contribution in [2.24, 2.45) is 5.14 Å². The third-order valence-electron chi connectivity index (χ3n) is 3.28. The maximum atomic E-state index is 11.4. The van der Waals surface area contributed by atoms with E-state index in [0.717, 1.165) is 11.8 Å². The van der Waals surface area contributed by atoms with Gasteiger partial charge in [-0.15, -0.1) is 0 Å². The van der Waals surface area contributed by atoms with Crippen molar-refractivity contribution in [3.63, 3.8) is 0 Å². The normalized spacial score (nSPS) is 12.6. The van der Waals surface area contributed by atoms with Gasteiger partial charge in [-0.2, -0.15) is 0 Å². The van der Waals surface area contributed by atoms with E-state index in [1.807, 2.05) is 6.92 Å². The van der Waals surface area contributed by atoms with E-state index in [1.165, 1.54) is 24.3 Å². The molecule has 9 heteroatoms. The largest absolute Gasteiger partial charge is 0.363 e. The fourth-order valence-electron chi connectivity index (χ4n) is 2.09. The first kappa shape index (κ1) is 16.8. The van der Waals surface area contributed by atoms with Gasteiger partial charge in [-0.3, -0.25) is 10.1 Å². The molecule has 0 radical (unpaired) electrons. The number of pyridine rings is 1. The lowest BCUT2D eigenvalue weighted by Gasteiger charge is -2.18. The quantitative estimate of drug-likeness (QED) is 0.614. The van der Waals surface area contributed by atoms with Crippen LogP contribution in [0.5, 0.6) is 0 Å². The van der Waals surface area contributed by atoms with Crippen molar-refractivity contribution < 1.29 is 13.3 Å². The number of hydrogen-bond donors (Lipinski definition) is 2. The van der Waals surface area contributed by atoms with E-state index < -0.39 is 14.9 Å². The van der Waals surface area contributed by atoms with Gasteiger partial charge in [-0.05, 0) is 30.2 Å². The van der Waals surface area contributed by atoms with Crippen LogP contribution in [0, 0.1) is 10.1 Å². The first-order valence-electron chi connectivity index (χ1n) is 6.81. The maximum absolute atomic E-state index is 11.4. The van der Waals surface area contributed by atoms with Crippen LogP contribution in [0.3, 0.4) is 0 Å². The van der Waals surface area contributed by atoms with E-state index in [9.17, 15) is 18.5 Å². The van der Waals surface area contributed by atoms with Crippen molar-refractivity contribution in [3.05, 3.63) is 58.3 Å². The number of aromatic nitrogens is 1. The number of anilines is 1. The zero-order valence-electron chi connectivity index (χ0n) is 12.3. The summed E-state index contributed by atoms with van der Waals surface area (Å²) < 4.78 is 22.9. The van der Waals surface area contributed by atoms with Crippen molar-refractivity contribution in [2.45, 2.75) is 24.3 Å². The zero-order valence-corrected chi connectivity index (χ0v) is 13.2. The van der Waals surface area contributed by atoms with Crippen LogP contribution in [0.1, 0.15) is 24.9 Å². The number of benzene rings is 1. The lowest BCUT2D eigenvalue weighted by molar-refractivity contribution is -0.385. The summed E-state index contributed by atoms with van der Waals surface area (Å²) in [6.07, 6.45) is 1.82. The highest BCUT2D eigenvalue weighted by atomic mass is 32.2. The van der Waals surface area contributed by atoms with Gasteiger partial charge in [-0.25, -0.2) is 18.5 Å². The Morgan fingerprint density at radius 2 is 2.09 bits per heavy atom. The summed E-state index contributed by atoms with van der Waals surface area (Å²) in [5, 5.41) is 18.9. The summed E-state index contributed by atoms with van der Waals surface area (Å²) in [7, 11) is -3.77. The van der Waals surface area contributed by atoms with Gasteiger partial charge in [0, 0.05) is 6.07 Å². The molecule has 1 aromatic heterocycles. The van der Waals surface area contributed by atoms with E-state index in [1.54, 1.807) is 12.1 Å². The topological polar surface area (TPSA) is 128 Å². The van der Waals surface area contributed by atoms with Crippen LogP contribution >= 0.6 is 0 Å². The minimum atomic E-state index is -3.77. The molecule has 1 aromatic carbocycles. The van der Waals surface area contributed by atoms with Crippen LogP contribution in [0.4, 0.5) is 11.5 Å². The highest BCUT2D eigenvalue weighted by Crippen LogP contribution is 2.24. The standard InChI is InChI=1S/C14H16N4O4S/c1-2-13(10-4-3-5-12(8-10)23(15,21)22)17-14-7-6-11(9-16-14)18(19)20/h3-9,13H,2H2,1H3,(H,16,17)(H2,15,21,22)/t13-/m1/s1. The van der Waals surface area contributed by atoms with Gasteiger partial charge in [-0.1, -0.05) is 19.1 Å². The lowest BCUT2D eigenvalue weighted by atomic mass is 10.0. The third kappa shape index (κ3) is 4.24. The molecule has 0 aliphatic carbocycles. The Morgan fingerprint density at radius 3 is 2.61 bits per heavy atom. The smallest absolute Gasteiger partial charge is 0.287 e. The molecule has 1 atom stereocenters. The molecular weight excluding hydrogens is 320 g/mol. The second-order valence-corrected chi connectivity index (χ2v) is 6.44. The molecule has 0 amide bonds. The number of rotatable bonds is 6. The minimum absolute atomic E-state index is 0.0342. The Kier molecular flexibility index (Phi) is 4.92. The second kappa shape index (κ2) is 6.71. The van der Waals surface area contributed by atoms with Gasteiger partial charge in [0.1, 0.15) is 12.0 Å². The first-order valence-corrected chi connectivity index (χ1v) is 8.35. The lowest BCUT2D eigenvalue weighted by Crippen LogP contribution is -2.15. The van der Waals surface area contributed by atoms with Gasteiger partial charge >= 0.3 is 0 Å². The molecule has 0 aliphatic rings. The number of nitro groups is 1. The molecule has 2 aromatic rings. The molecule has 0 saturated carbocycles. The highest BCUT2D eigenvalue weighted by molar-refractivity contribution is 7.89. The average Bonchev–Trinajstić information content (AvgIpc) is 2.52. The van der Waals surface area contributed by atoms with Gasteiger partial charge in [0.25, 0.3) is 5.69 Å². The monoisotopic (exact) mass is 336 g/mol. The van der Waals surface area contributed by atoms with E-state index in [4.69, 9.17) is 5.14 Å². The van der Waals surface area contributed by atoms with E-state index >= 15 is 0 Å². The van der Waals surface area contributed by atoms with E-state index in [-0.39, 0.29) is 16.6 Å². The zero-order chi connectivity index (χ0) is 17.0. The molecule has 2 rings (SSSR count). The second-order valence-electron chi connectivity index (χ2n) is 4.88. The Hall–Kier alpha value is -2.52. The molecule has 23 heavy (non-hydrogen) atoms. The molecule has 3 N–H and O–H groups in total. The molecule has 0 fully saturated rings. The summed E-state index contributed by atoms with van der Waals surface area (Å²) >= 11 is 0. The van der Waals surface area contributed by atoms with Crippen LogP contribution in [-0.4, -0.2) is 18.3 Å². The number of nitrogens with zero attached hydrogens (tertiary/aromatic N) is 2. The van der Waals surface area contributed by atoms with Gasteiger partial charge in [0.15, 0.2) is 0 Å². The fraction of sp³-hybridized carbons (Fsp3) is 0.214. The highest BCUT2D eigenvalue weighted by Gasteiger charge is 2.14. The summed E-state index contributed by atoms with van der Waals surface area (Å²) in [6.45, 7) is 1.92. The molecule has 0 spiro atoms. The van der Waals surface area contributed by atoms with Gasteiger partial charge in [0.05, 0.1) is 15.9 Å². The van der Waals surface area contributed by atoms with Gasteiger partial charge < -0.3 is 5.32 Å². The van der Waals surface area contributed by atoms with Crippen molar-refractivity contribution in [1.29, 1.82) is 0 Å². The Balaban J connectivity index is 2.25. The molecule has 122 valence electrons. The van der Waals surface area contributed by atoms with Crippen LogP contribution in [-0.2, 0) is 10.0 Å². The van der Waals surface area contributed by atoms with Crippen molar-refractivity contribution in [1.82, 2.24) is 4.98 Å². The average molecular weight is 336 g/mol. The third-order valence-corrected chi connectivity index (χ3v) is 4.19. The van der Waals surface area contributed by atoms with Crippen molar-refractivity contribution in [3.8, 4) is 0 Å². The fourth-order valence-corrected chi connectivity index (χ4v) is 2.66. The predicted octanol–water partition coefficient (Wildman–Crippen LogP) is 2.20. The number of primary sulfonamides is 1. The number of sulfonamides is 1. The van der Waals surface area contributed by atoms with Gasteiger partial charge in [0.2, 0.25) is 10.0 Å². The molecule has 0 bridgehead atoms. The molecular formula is C14H16N4O4S. The molecule has 0 saturated heterocycles. The Labute approximate surface area is 133 Å². The SMILES string of the molecule is CC[C@@H](Nc1ccc([N+](=O)[O-])cn1)c1cccc(S(N)(=O)=O)c1. The number of hydrogen-bond acceptors (Lipinski definition) is 6. The van der Waals surface area contributed by atoms with Crippen molar-refractivity contribution in [2.75, 3.05) is 5.32 Å². The maximum Gasteiger partial charge on any atom is 0.287 e. The minimum Gasteiger partial charge on any atom is -0.363 e. The summed E-state index contributed by atoms with van der Waals surface area (Å²) in [6, 6.07) is 8.97. The Morgan fingerprint density at radius 1 is 1.35 bits per heavy atom. The predicted molar refractivity (Wildman–Crippen MR) is 85.4 cm³/mol. The molecule has 0 aliphatic heterocycles. The van der Waals surface area contributed by atoms with E-state index in [0.29, 0.717) is 12.2 Å². The Bertz CT molecular complexity index is 806. The van der Waals surface area contributed by atoms with E-state index in [2.05, 4.69) is 10.3 Å². The summed E-state index contributed by atoms with van der Waals surface area (Å²) in [5.74, 6) is 0.462. The molecule has 1 heterocycles. The first-order chi connectivity index (χ1) is 10.8. The number of nitrogens with two attached hydrogens (primary N) is 1. The summed E-state index contributed by atoms with van der Waals surface area (Å²) in [5.41, 5.74) is 0.638. The van der Waals surface area contributed by atoms with Crippen molar-refractivity contribution >= 4 is 21.5 Å². The summed E-state index contributed by atoms with van der Waals surface area (Å²) in [4.78, 5) is 14.1. The molecule has 0 unspecified atom stereocenters. The van der Waals surface area contributed by atoms with Crippen LogP contribution < -0.4 is 10.5 Å².